The number of benzene rings is 2. The number of nitrogens with one attached hydrogen (secondary N) is 1. The molecule has 2 aromatic rings. The molecule has 0 unspecified atom stereocenters. The second-order valence-corrected chi connectivity index (χ2v) is 4.85. The maximum absolute atomic E-state index is 13.5. The minimum Gasteiger partial charge on any atom is -0.457 e. The van der Waals surface area contributed by atoms with Crippen LogP contribution in [0.3, 0.4) is 0 Å². The summed E-state index contributed by atoms with van der Waals surface area (Å²) >= 11 is 0. The standard InChI is InChI=1S/C16H16FNO/c1-18-10-12-8-11-4-2-3-5-15(11)19-16-7-6-13(17)9-14(12)16/h2-7,9,12,18H,8,10H2,1H3/t12-/m1/s1. The first-order valence-corrected chi connectivity index (χ1v) is 6.47. The number of halogens is 1. The third-order valence-electron chi connectivity index (χ3n) is 3.52. The Labute approximate surface area is 112 Å². The van der Waals surface area contributed by atoms with Gasteiger partial charge in [0.15, 0.2) is 0 Å². The fourth-order valence-corrected chi connectivity index (χ4v) is 2.63. The lowest BCUT2D eigenvalue weighted by atomic mass is 9.92. The largest absolute Gasteiger partial charge is 0.457 e. The molecule has 3 heteroatoms. The third-order valence-corrected chi connectivity index (χ3v) is 3.52. The Morgan fingerprint density at radius 2 is 2.05 bits per heavy atom. The van der Waals surface area contributed by atoms with Gasteiger partial charge in [-0.3, -0.25) is 0 Å². The van der Waals surface area contributed by atoms with Crippen molar-refractivity contribution in [1.29, 1.82) is 0 Å². The molecule has 0 saturated carbocycles. The highest BCUT2D eigenvalue weighted by Crippen LogP contribution is 2.39. The summed E-state index contributed by atoms with van der Waals surface area (Å²) < 4.78 is 19.4. The summed E-state index contributed by atoms with van der Waals surface area (Å²) in [6, 6.07) is 12.8. The molecule has 1 N–H and O–H groups in total. The number of para-hydroxylation sites is 1. The third kappa shape index (κ3) is 2.34. The number of hydrogen-bond donors (Lipinski definition) is 1. The summed E-state index contributed by atoms with van der Waals surface area (Å²) in [7, 11) is 1.91. The van der Waals surface area contributed by atoms with Crippen LogP contribution < -0.4 is 10.1 Å². The van der Waals surface area contributed by atoms with Crippen LogP contribution in [0.4, 0.5) is 4.39 Å². The predicted octanol–water partition coefficient (Wildman–Crippen LogP) is 3.48. The first kappa shape index (κ1) is 12.2. The van der Waals surface area contributed by atoms with Gasteiger partial charge >= 0.3 is 0 Å². The highest BCUT2D eigenvalue weighted by Gasteiger charge is 2.23. The Bertz CT molecular complexity index is 597. The number of rotatable bonds is 2. The normalized spacial score (nSPS) is 17.1. The van der Waals surface area contributed by atoms with Gasteiger partial charge in [0.1, 0.15) is 17.3 Å². The Kier molecular flexibility index (Phi) is 3.22. The molecule has 1 atom stereocenters. The van der Waals surface area contributed by atoms with E-state index in [0.29, 0.717) is 0 Å². The highest BCUT2D eigenvalue weighted by molar-refractivity contribution is 5.47. The van der Waals surface area contributed by atoms with E-state index in [9.17, 15) is 4.39 Å². The lowest BCUT2D eigenvalue weighted by Gasteiger charge is -2.16. The molecular formula is C16H16FNO. The molecule has 1 aliphatic rings. The highest BCUT2D eigenvalue weighted by atomic mass is 19.1. The second-order valence-electron chi connectivity index (χ2n) is 4.85. The lowest BCUT2D eigenvalue weighted by Crippen LogP contribution is -2.18. The maximum Gasteiger partial charge on any atom is 0.131 e. The molecule has 0 bridgehead atoms. The predicted molar refractivity (Wildman–Crippen MR) is 73.3 cm³/mol. The molecule has 0 spiro atoms. The van der Waals surface area contributed by atoms with Gasteiger partial charge in [-0.05, 0) is 43.3 Å². The van der Waals surface area contributed by atoms with Gasteiger partial charge in [0, 0.05) is 18.0 Å². The minimum atomic E-state index is -0.214. The molecule has 2 aromatic carbocycles. The Morgan fingerprint density at radius 3 is 2.89 bits per heavy atom. The van der Waals surface area contributed by atoms with Crippen LogP contribution in [0, 0.1) is 5.82 Å². The van der Waals surface area contributed by atoms with Crippen LogP contribution >= 0.6 is 0 Å². The van der Waals surface area contributed by atoms with E-state index in [-0.39, 0.29) is 11.7 Å². The quantitative estimate of drug-likeness (QED) is 0.889. The van der Waals surface area contributed by atoms with Crippen LogP contribution in [0.25, 0.3) is 0 Å². The average molecular weight is 257 g/mol. The van der Waals surface area contributed by atoms with Crippen LogP contribution in [0.15, 0.2) is 42.5 Å². The molecule has 0 radical (unpaired) electrons. The van der Waals surface area contributed by atoms with Gasteiger partial charge in [0.25, 0.3) is 0 Å². The molecule has 1 aliphatic heterocycles. The van der Waals surface area contributed by atoms with Gasteiger partial charge in [-0.15, -0.1) is 0 Å². The van der Waals surface area contributed by atoms with Crippen molar-refractivity contribution < 1.29 is 9.13 Å². The molecule has 2 nitrogen and oxygen atoms in total. The SMILES string of the molecule is CNC[C@H]1Cc2ccccc2Oc2ccc(F)cc21. The fraction of sp³-hybridized carbons (Fsp3) is 0.250. The molecule has 1 heterocycles. The minimum absolute atomic E-state index is 0.214. The molecule has 98 valence electrons. The van der Waals surface area contributed by atoms with Gasteiger partial charge in [0.2, 0.25) is 0 Å². The van der Waals surface area contributed by atoms with E-state index in [4.69, 9.17) is 4.74 Å². The van der Waals surface area contributed by atoms with Crippen molar-refractivity contribution in [2.45, 2.75) is 12.3 Å². The molecule has 0 fully saturated rings. The van der Waals surface area contributed by atoms with Crippen molar-refractivity contribution in [1.82, 2.24) is 5.32 Å². The van der Waals surface area contributed by atoms with Gasteiger partial charge in [-0.2, -0.15) is 0 Å². The number of likely N-dealkylation sites (N-methyl/N-ethyl adjacent to an activating group) is 1. The summed E-state index contributed by atoms with van der Waals surface area (Å²) in [6.07, 6.45) is 0.855. The molecule has 3 rings (SSSR count). The van der Waals surface area contributed by atoms with E-state index < -0.39 is 0 Å². The summed E-state index contributed by atoms with van der Waals surface area (Å²) in [4.78, 5) is 0. The van der Waals surface area contributed by atoms with E-state index in [1.54, 1.807) is 12.1 Å². The Balaban J connectivity index is 2.10. The fourth-order valence-electron chi connectivity index (χ4n) is 2.63. The summed E-state index contributed by atoms with van der Waals surface area (Å²) in [5, 5.41) is 3.18. The molecular weight excluding hydrogens is 241 g/mol. The van der Waals surface area contributed by atoms with Crippen LogP contribution in [-0.4, -0.2) is 13.6 Å². The smallest absolute Gasteiger partial charge is 0.131 e. The molecule has 0 saturated heterocycles. The number of fused-ring (bicyclic) bond motifs is 2. The second kappa shape index (κ2) is 5.02. The van der Waals surface area contributed by atoms with E-state index in [0.717, 1.165) is 30.0 Å². The molecule has 0 aromatic heterocycles. The van der Waals surface area contributed by atoms with Gasteiger partial charge < -0.3 is 10.1 Å². The van der Waals surface area contributed by atoms with E-state index >= 15 is 0 Å². The molecule has 0 aliphatic carbocycles. The first-order chi connectivity index (χ1) is 9.28. The summed E-state index contributed by atoms with van der Waals surface area (Å²) in [6.45, 7) is 0.800. The van der Waals surface area contributed by atoms with Crippen molar-refractivity contribution in [2.75, 3.05) is 13.6 Å². The maximum atomic E-state index is 13.5. The van der Waals surface area contributed by atoms with Crippen molar-refractivity contribution in [3.05, 3.63) is 59.4 Å². The zero-order chi connectivity index (χ0) is 13.2. The van der Waals surface area contributed by atoms with Gasteiger partial charge in [-0.1, -0.05) is 18.2 Å². The van der Waals surface area contributed by atoms with E-state index in [2.05, 4.69) is 11.4 Å². The van der Waals surface area contributed by atoms with Crippen LogP contribution in [0.2, 0.25) is 0 Å². The topological polar surface area (TPSA) is 21.3 Å². The molecule has 19 heavy (non-hydrogen) atoms. The average Bonchev–Trinajstić information content (AvgIpc) is 2.56. The van der Waals surface area contributed by atoms with Crippen molar-refractivity contribution in [3.63, 3.8) is 0 Å². The number of ether oxygens (including phenoxy) is 1. The van der Waals surface area contributed by atoms with Crippen LogP contribution in [-0.2, 0) is 6.42 Å². The van der Waals surface area contributed by atoms with Gasteiger partial charge in [0.05, 0.1) is 0 Å². The van der Waals surface area contributed by atoms with E-state index in [1.807, 2.05) is 25.2 Å². The monoisotopic (exact) mass is 257 g/mol. The zero-order valence-electron chi connectivity index (χ0n) is 10.8. The zero-order valence-corrected chi connectivity index (χ0v) is 10.8. The summed E-state index contributed by atoms with van der Waals surface area (Å²) in [5.74, 6) is 1.63. The van der Waals surface area contributed by atoms with Crippen LogP contribution in [0.1, 0.15) is 17.0 Å². The van der Waals surface area contributed by atoms with Crippen LogP contribution in [0.5, 0.6) is 11.5 Å². The van der Waals surface area contributed by atoms with E-state index in [1.165, 1.54) is 11.6 Å². The van der Waals surface area contributed by atoms with Crippen molar-refractivity contribution in [3.8, 4) is 11.5 Å². The molecule has 0 amide bonds. The summed E-state index contributed by atoms with van der Waals surface area (Å²) in [5.41, 5.74) is 2.10. The van der Waals surface area contributed by atoms with Crippen molar-refractivity contribution >= 4 is 0 Å². The number of hydrogen-bond acceptors (Lipinski definition) is 2. The lowest BCUT2D eigenvalue weighted by molar-refractivity contribution is 0.475. The Morgan fingerprint density at radius 1 is 1.21 bits per heavy atom. The van der Waals surface area contributed by atoms with Crippen molar-refractivity contribution in [2.24, 2.45) is 0 Å². The first-order valence-electron chi connectivity index (χ1n) is 6.47. The Hall–Kier alpha value is -1.87. The van der Waals surface area contributed by atoms with Gasteiger partial charge in [-0.25, -0.2) is 4.39 Å².